The number of alkyl halides is 6. The average molecular weight is 448 g/mol. The molecule has 13 heteroatoms. The molecule has 0 saturated heterocycles. The van der Waals surface area contributed by atoms with Crippen molar-refractivity contribution in [2.24, 2.45) is 0 Å². The molecule has 0 atom stereocenters. The highest BCUT2D eigenvalue weighted by Gasteiger charge is 2.69. The van der Waals surface area contributed by atoms with Crippen LogP contribution in [0.25, 0.3) is 0 Å². The van der Waals surface area contributed by atoms with E-state index < -0.39 is 33.9 Å². The van der Waals surface area contributed by atoms with Gasteiger partial charge in [-0.2, -0.15) is 26.3 Å². The van der Waals surface area contributed by atoms with Crippen LogP contribution in [0.2, 0.25) is 0 Å². The molecule has 0 bridgehead atoms. The Labute approximate surface area is 163 Å². The van der Waals surface area contributed by atoms with Crippen molar-refractivity contribution in [1.82, 2.24) is 0 Å². The smallest absolute Gasteiger partial charge is 0.376 e. The van der Waals surface area contributed by atoms with Gasteiger partial charge in [-0.25, -0.2) is 9.78 Å². The molecule has 0 amide bonds. The summed E-state index contributed by atoms with van der Waals surface area (Å²) in [4.78, 5) is 8.52. The van der Waals surface area contributed by atoms with Crippen molar-refractivity contribution in [3.63, 3.8) is 0 Å². The third-order valence-electron chi connectivity index (χ3n) is 2.52. The van der Waals surface area contributed by atoms with E-state index in [0.717, 1.165) is 0 Å². The van der Waals surface area contributed by atoms with Crippen molar-refractivity contribution in [2.45, 2.75) is 52.1 Å². The van der Waals surface area contributed by atoms with Gasteiger partial charge in [0.25, 0.3) is 5.60 Å². The van der Waals surface area contributed by atoms with Gasteiger partial charge < -0.3 is 18.4 Å². The summed E-state index contributed by atoms with van der Waals surface area (Å²) in [7, 11) is -0.244. The van der Waals surface area contributed by atoms with Crippen LogP contribution in [0.1, 0.15) is 34.1 Å². The Kier molecular flexibility index (Phi) is 19.6. The first-order valence-electron chi connectivity index (χ1n) is 8.29. The van der Waals surface area contributed by atoms with E-state index in [2.05, 4.69) is 16.4 Å². The second-order valence-electron chi connectivity index (χ2n) is 4.58. The highest BCUT2D eigenvalue weighted by Crippen LogP contribution is 2.45. The summed E-state index contributed by atoms with van der Waals surface area (Å²) in [5, 5.41) is 8.36. The van der Waals surface area contributed by atoms with Crippen molar-refractivity contribution >= 4 is 9.53 Å². The first-order chi connectivity index (χ1) is 12.8. The molecule has 0 spiro atoms. The molecule has 0 fully saturated rings. The van der Waals surface area contributed by atoms with E-state index >= 15 is 0 Å². The maximum Gasteiger partial charge on any atom is 0.484 e. The molecule has 6 nitrogen and oxygen atoms in total. The summed E-state index contributed by atoms with van der Waals surface area (Å²) in [6.45, 7) is 13.1. The number of aliphatic hydroxyl groups is 1. The zero-order valence-electron chi connectivity index (χ0n) is 16.7. The van der Waals surface area contributed by atoms with E-state index in [1.165, 1.54) is 7.11 Å². The van der Waals surface area contributed by atoms with Crippen LogP contribution in [-0.2, 0) is 23.1 Å². The maximum absolute atomic E-state index is 11.8. The Hall–Kier alpha value is -0.703. The fraction of sp³-hybridized carbons (Fsp3) is 0.867. The second-order valence-corrected chi connectivity index (χ2v) is 6.15. The van der Waals surface area contributed by atoms with E-state index in [4.69, 9.17) is 18.4 Å². The van der Waals surface area contributed by atoms with Crippen LogP contribution in [-0.4, -0.2) is 66.1 Å². The van der Waals surface area contributed by atoms with Crippen LogP contribution in [0, 0.1) is 0 Å². The normalized spacial score (nSPS) is 12.0. The topological polar surface area (TPSA) is 66.4 Å². The molecule has 28 heavy (non-hydrogen) atoms. The third-order valence-corrected chi connectivity index (χ3v) is 4.34. The van der Waals surface area contributed by atoms with Crippen molar-refractivity contribution in [1.29, 1.82) is 0 Å². The molecule has 0 saturated carbocycles. The lowest BCUT2D eigenvalue weighted by molar-refractivity contribution is -0.366. The Morgan fingerprint density at radius 1 is 0.821 bits per heavy atom. The second kappa shape index (κ2) is 17.2. The van der Waals surface area contributed by atoms with Gasteiger partial charge in [0.1, 0.15) is 0 Å². The number of halogens is 6. The summed E-state index contributed by atoms with van der Waals surface area (Å²) in [5.41, 5.74) is -4.69. The van der Waals surface area contributed by atoms with Crippen molar-refractivity contribution in [2.75, 3.05) is 33.5 Å². The van der Waals surface area contributed by atoms with Crippen molar-refractivity contribution < 1.29 is 54.5 Å². The van der Waals surface area contributed by atoms with Crippen LogP contribution in [0.3, 0.4) is 0 Å². The van der Waals surface area contributed by atoms with E-state index in [1.807, 2.05) is 27.7 Å². The number of hydrogen-bond donors (Lipinski definition) is 1. The molecule has 0 aromatic rings. The largest absolute Gasteiger partial charge is 0.484 e. The summed E-state index contributed by atoms with van der Waals surface area (Å²) < 4.78 is 86.3. The minimum Gasteiger partial charge on any atom is -0.376 e. The lowest BCUT2D eigenvalue weighted by Gasteiger charge is -2.31. The monoisotopic (exact) mass is 448 g/mol. The lowest BCUT2D eigenvalue weighted by Crippen LogP contribution is -2.56. The third kappa shape index (κ3) is 14.3. The molecule has 0 aliphatic carbocycles. The average Bonchev–Trinajstić information content (AvgIpc) is 2.56. The van der Waals surface area contributed by atoms with Gasteiger partial charge in [0.2, 0.25) is 0 Å². The molecule has 0 rings (SSSR count). The predicted molar refractivity (Wildman–Crippen MR) is 92.5 cm³/mol. The number of hydrogen-bond acceptors (Lipinski definition) is 6. The molecule has 0 aliphatic rings. The SMILES string of the molecule is C=CCC(O)(C(F)(F)F)C(F)(F)F.CCOOC.CCO[SiH](OCC)OCC. The van der Waals surface area contributed by atoms with Crippen LogP contribution in [0.5, 0.6) is 0 Å². The molecular weight excluding hydrogens is 418 g/mol. The molecule has 0 aliphatic heterocycles. The van der Waals surface area contributed by atoms with E-state index in [-0.39, 0.29) is 0 Å². The molecule has 172 valence electrons. The summed E-state index contributed by atoms with van der Waals surface area (Å²) in [6.07, 6.45) is -12.8. The molecule has 0 aromatic carbocycles. The van der Waals surface area contributed by atoms with Crippen molar-refractivity contribution in [3.8, 4) is 0 Å². The molecule has 1 N–H and O–H groups in total. The molecule has 0 radical (unpaired) electrons. The van der Waals surface area contributed by atoms with Gasteiger partial charge in [-0.05, 0) is 27.7 Å². The fourth-order valence-corrected chi connectivity index (χ4v) is 2.38. The molecule has 0 unspecified atom stereocenters. The minimum absolute atomic E-state index is 0.362. The molecular formula is C15H30F6O6Si. The minimum atomic E-state index is -5.75. The Morgan fingerprint density at radius 3 is 1.29 bits per heavy atom. The zero-order valence-corrected chi connectivity index (χ0v) is 17.8. The van der Waals surface area contributed by atoms with Gasteiger partial charge in [0.15, 0.2) is 0 Å². The van der Waals surface area contributed by atoms with Crippen molar-refractivity contribution in [3.05, 3.63) is 12.7 Å². The zero-order chi connectivity index (χ0) is 22.9. The van der Waals surface area contributed by atoms with Gasteiger partial charge in [-0.1, -0.05) is 6.08 Å². The standard InChI is InChI=1S/C6H6F6O.C6H16O3Si.C3H8O2/c1-2-3-4(13,5(7,8)9)6(10,11)12;1-4-7-10(8-5-2)9-6-3;1-3-5-4-2/h2,13H,1,3H2;10H,4-6H2,1-3H3;3H2,1-2H3. The first kappa shape index (κ1) is 32.0. The van der Waals surface area contributed by atoms with Crippen LogP contribution in [0.4, 0.5) is 26.3 Å². The quantitative estimate of drug-likeness (QED) is 0.180. The van der Waals surface area contributed by atoms with Crippen LogP contribution >= 0.6 is 0 Å². The van der Waals surface area contributed by atoms with Gasteiger partial charge in [-0.3, -0.25) is 0 Å². The Morgan fingerprint density at radius 2 is 1.18 bits per heavy atom. The Bertz CT molecular complexity index is 338. The maximum atomic E-state index is 11.8. The van der Waals surface area contributed by atoms with Gasteiger partial charge in [0.05, 0.1) is 13.7 Å². The van der Waals surface area contributed by atoms with E-state index in [1.54, 1.807) is 0 Å². The fourth-order valence-electron chi connectivity index (χ4n) is 1.27. The van der Waals surface area contributed by atoms with Gasteiger partial charge in [-0.15, -0.1) is 6.58 Å². The van der Waals surface area contributed by atoms with E-state index in [0.29, 0.717) is 32.5 Å². The van der Waals surface area contributed by atoms with E-state index in [9.17, 15) is 26.3 Å². The highest BCUT2D eigenvalue weighted by molar-refractivity contribution is 6.36. The van der Waals surface area contributed by atoms with Crippen LogP contribution < -0.4 is 0 Å². The highest BCUT2D eigenvalue weighted by atomic mass is 28.3. The van der Waals surface area contributed by atoms with Gasteiger partial charge in [0, 0.05) is 26.2 Å². The predicted octanol–water partition coefficient (Wildman–Crippen LogP) is 3.82. The van der Waals surface area contributed by atoms with Gasteiger partial charge >= 0.3 is 21.9 Å². The number of rotatable bonds is 10. The van der Waals surface area contributed by atoms with Crippen LogP contribution in [0.15, 0.2) is 12.7 Å². The first-order valence-corrected chi connectivity index (χ1v) is 9.71. The summed E-state index contributed by atoms with van der Waals surface area (Å²) in [6, 6.07) is 0. The Balaban J connectivity index is -0.000000368. The lowest BCUT2D eigenvalue weighted by atomic mass is 9.98. The molecule has 0 aromatic heterocycles. The molecule has 0 heterocycles. The summed E-state index contributed by atoms with van der Waals surface area (Å²) >= 11 is 0. The summed E-state index contributed by atoms with van der Waals surface area (Å²) in [5.74, 6) is 0.